The van der Waals surface area contributed by atoms with E-state index in [1.807, 2.05) is 6.07 Å². The Morgan fingerprint density at radius 2 is 2.15 bits per heavy atom. The zero-order valence-electron chi connectivity index (χ0n) is 7.08. The minimum absolute atomic E-state index is 0.0634. The third-order valence-electron chi connectivity index (χ3n) is 1.68. The van der Waals surface area contributed by atoms with Gasteiger partial charge in [-0.3, -0.25) is 0 Å². The van der Waals surface area contributed by atoms with Crippen molar-refractivity contribution in [2.24, 2.45) is 0 Å². The van der Waals surface area contributed by atoms with Crippen molar-refractivity contribution in [2.45, 2.75) is 13.5 Å². The van der Waals surface area contributed by atoms with Crippen LogP contribution in [-0.4, -0.2) is 16.2 Å². The van der Waals surface area contributed by atoms with Crippen LogP contribution in [0.25, 0.3) is 0 Å². The summed E-state index contributed by atoms with van der Waals surface area (Å²) in [4.78, 5) is 3.83. The molecule has 0 saturated heterocycles. The molecule has 5 heteroatoms. The first-order valence-electron chi connectivity index (χ1n) is 3.68. The van der Waals surface area contributed by atoms with Crippen LogP contribution in [0.15, 0.2) is 0 Å². The fourth-order valence-electron chi connectivity index (χ4n) is 1.11. The molecule has 0 N–H and O–H groups in total. The number of hydrogen-bond acceptors (Lipinski definition) is 3. The topological polar surface area (TPSA) is 65.4 Å². The lowest BCUT2D eigenvalue weighted by Gasteiger charge is -2.00. The number of hydrogen-bond donors (Lipinski definition) is 0. The molecule has 0 aliphatic rings. The summed E-state index contributed by atoms with van der Waals surface area (Å²) in [6.45, 7) is 1.14. The van der Waals surface area contributed by atoms with Crippen LogP contribution in [-0.2, 0) is 6.54 Å². The second-order valence-corrected chi connectivity index (χ2v) is 2.42. The lowest BCUT2D eigenvalue weighted by Crippen LogP contribution is -2.04. The van der Waals surface area contributed by atoms with Gasteiger partial charge in [-0.25, -0.2) is 9.37 Å². The van der Waals surface area contributed by atoms with Gasteiger partial charge in [0.2, 0.25) is 0 Å². The number of halogens is 1. The Morgan fingerprint density at radius 3 is 2.62 bits per heavy atom. The molecule has 0 spiro atoms. The van der Waals surface area contributed by atoms with Crippen molar-refractivity contribution >= 4 is 0 Å². The zero-order chi connectivity index (χ0) is 9.84. The van der Waals surface area contributed by atoms with Crippen LogP contribution in [0.4, 0.5) is 4.39 Å². The van der Waals surface area contributed by atoms with Crippen LogP contribution in [0.3, 0.4) is 0 Å². The largest absolute Gasteiger partial charge is 0.316 e. The van der Waals surface area contributed by atoms with Gasteiger partial charge in [-0.05, 0) is 6.92 Å². The van der Waals surface area contributed by atoms with E-state index in [4.69, 9.17) is 10.5 Å². The Morgan fingerprint density at radius 1 is 1.46 bits per heavy atom. The van der Waals surface area contributed by atoms with Crippen LogP contribution in [0, 0.1) is 29.6 Å². The molecule has 0 amide bonds. The quantitative estimate of drug-likeness (QED) is 0.675. The Bertz CT molecular complexity index is 394. The fourth-order valence-corrected chi connectivity index (χ4v) is 1.11. The summed E-state index contributed by atoms with van der Waals surface area (Å²) in [7, 11) is 0. The van der Waals surface area contributed by atoms with E-state index in [1.165, 1.54) is 4.57 Å². The smallest absolute Gasteiger partial charge is 0.177 e. The Labute approximate surface area is 74.8 Å². The average Bonchev–Trinajstić information content (AvgIpc) is 2.44. The minimum atomic E-state index is -0.573. The highest BCUT2D eigenvalue weighted by Crippen LogP contribution is 2.09. The van der Waals surface area contributed by atoms with Crippen LogP contribution in [0.5, 0.6) is 0 Å². The fraction of sp³-hybridized carbons (Fsp3) is 0.375. The first-order chi connectivity index (χ1) is 6.24. The van der Waals surface area contributed by atoms with Crippen LogP contribution >= 0.6 is 0 Å². The van der Waals surface area contributed by atoms with Crippen molar-refractivity contribution in [2.75, 3.05) is 6.67 Å². The van der Waals surface area contributed by atoms with Gasteiger partial charge >= 0.3 is 0 Å². The molecule has 0 saturated carbocycles. The molecular weight excluding hydrogens is 171 g/mol. The number of aromatic nitrogens is 2. The van der Waals surface area contributed by atoms with Crippen molar-refractivity contribution in [3.63, 3.8) is 0 Å². The second-order valence-electron chi connectivity index (χ2n) is 2.42. The number of alkyl halides is 1. The molecule has 0 aliphatic heterocycles. The summed E-state index contributed by atoms with van der Waals surface area (Å²) < 4.78 is 13.4. The van der Waals surface area contributed by atoms with Crippen LogP contribution in [0.1, 0.15) is 17.2 Å². The van der Waals surface area contributed by atoms with Crippen molar-refractivity contribution < 1.29 is 4.39 Å². The molecule has 1 aromatic rings. The molecule has 0 fully saturated rings. The van der Waals surface area contributed by atoms with E-state index in [9.17, 15) is 4.39 Å². The predicted octanol–water partition coefficient (Wildman–Crippen LogP) is 0.904. The molecular formula is C8H7FN4. The van der Waals surface area contributed by atoms with Crippen molar-refractivity contribution in [3.8, 4) is 12.1 Å². The van der Waals surface area contributed by atoms with Gasteiger partial charge in [0.05, 0.1) is 6.54 Å². The van der Waals surface area contributed by atoms with Gasteiger partial charge in [0.1, 0.15) is 24.6 Å². The van der Waals surface area contributed by atoms with Crippen molar-refractivity contribution in [3.05, 3.63) is 17.2 Å². The number of rotatable bonds is 2. The lowest BCUT2D eigenvalue weighted by atomic mass is 10.3. The highest BCUT2D eigenvalue weighted by molar-refractivity contribution is 5.37. The molecule has 0 bridgehead atoms. The van der Waals surface area contributed by atoms with Gasteiger partial charge < -0.3 is 4.57 Å². The average molecular weight is 178 g/mol. The third kappa shape index (κ3) is 1.50. The van der Waals surface area contributed by atoms with Gasteiger partial charge in [-0.2, -0.15) is 10.5 Å². The molecule has 1 rings (SSSR count). The maximum Gasteiger partial charge on any atom is 0.177 e. The summed E-state index contributed by atoms with van der Waals surface area (Å²) in [5.74, 6) is 0.491. The van der Waals surface area contributed by atoms with Crippen LogP contribution in [0.2, 0.25) is 0 Å². The summed E-state index contributed by atoms with van der Waals surface area (Å²) >= 11 is 0. The number of imidazole rings is 1. The van der Waals surface area contributed by atoms with E-state index in [2.05, 4.69) is 4.98 Å². The normalized spacial score (nSPS) is 9.23. The highest BCUT2D eigenvalue weighted by atomic mass is 19.1. The van der Waals surface area contributed by atoms with Gasteiger partial charge in [-0.15, -0.1) is 0 Å². The molecule has 0 aliphatic carbocycles. The first kappa shape index (κ1) is 9.21. The molecule has 0 aromatic carbocycles. The zero-order valence-corrected chi connectivity index (χ0v) is 7.08. The Balaban J connectivity index is 3.27. The van der Waals surface area contributed by atoms with E-state index in [0.717, 1.165) is 0 Å². The van der Waals surface area contributed by atoms with E-state index < -0.39 is 6.67 Å². The number of nitriles is 2. The molecule has 1 heterocycles. The summed E-state index contributed by atoms with van der Waals surface area (Å²) in [5.41, 5.74) is 0.200. The van der Waals surface area contributed by atoms with Gasteiger partial charge in [0.15, 0.2) is 11.4 Å². The second kappa shape index (κ2) is 3.68. The van der Waals surface area contributed by atoms with Crippen LogP contribution < -0.4 is 0 Å². The monoisotopic (exact) mass is 178 g/mol. The third-order valence-corrected chi connectivity index (χ3v) is 1.68. The number of nitrogens with zero attached hydrogens (tertiary/aromatic N) is 4. The van der Waals surface area contributed by atoms with E-state index in [1.54, 1.807) is 13.0 Å². The minimum Gasteiger partial charge on any atom is -0.316 e. The molecule has 1 aromatic heterocycles. The van der Waals surface area contributed by atoms with E-state index >= 15 is 0 Å². The standard InChI is InChI=1S/C8H7FN4/c1-6-12-7(4-10)8(5-11)13(6)3-2-9/h2-3H2,1H3. The maximum absolute atomic E-state index is 12.0. The first-order valence-corrected chi connectivity index (χ1v) is 3.68. The summed E-state index contributed by atoms with van der Waals surface area (Å²) in [6.07, 6.45) is 0. The van der Waals surface area contributed by atoms with E-state index in [-0.39, 0.29) is 17.9 Å². The van der Waals surface area contributed by atoms with Crippen molar-refractivity contribution in [1.82, 2.24) is 9.55 Å². The van der Waals surface area contributed by atoms with Gasteiger partial charge in [0.25, 0.3) is 0 Å². The van der Waals surface area contributed by atoms with Crippen molar-refractivity contribution in [1.29, 1.82) is 10.5 Å². The van der Waals surface area contributed by atoms with Gasteiger partial charge in [0, 0.05) is 0 Å². The summed E-state index contributed by atoms with van der Waals surface area (Å²) in [5, 5.41) is 17.3. The maximum atomic E-state index is 12.0. The molecule has 4 nitrogen and oxygen atoms in total. The lowest BCUT2D eigenvalue weighted by molar-refractivity contribution is 0.440. The highest BCUT2D eigenvalue weighted by Gasteiger charge is 2.12. The molecule has 66 valence electrons. The molecule has 13 heavy (non-hydrogen) atoms. The number of aryl methyl sites for hydroxylation is 1. The summed E-state index contributed by atoms with van der Waals surface area (Å²) in [6, 6.07) is 3.62. The Hall–Kier alpha value is -1.88. The van der Waals surface area contributed by atoms with E-state index in [0.29, 0.717) is 5.82 Å². The SMILES string of the molecule is Cc1nc(C#N)c(C#N)n1CCF. The predicted molar refractivity (Wildman–Crippen MR) is 42.4 cm³/mol. The molecule has 0 unspecified atom stereocenters. The molecule has 0 radical (unpaired) electrons. The molecule has 0 atom stereocenters. The van der Waals surface area contributed by atoms with Gasteiger partial charge in [-0.1, -0.05) is 0 Å². The Kier molecular flexibility index (Phi) is 2.61.